The van der Waals surface area contributed by atoms with Crippen LogP contribution in [0.15, 0.2) is 35.5 Å². The molecule has 1 aromatic carbocycles. The van der Waals surface area contributed by atoms with Gasteiger partial charge in [0.1, 0.15) is 0 Å². The zero-order chi connectivity index (χ0) is 21.8. The number of methoxy groups -OCH3 is 2. The second kappa shape index (κ2) is 8.73. The van der Waals surface area contributed by atoms with E-state index in [4.69, 9.17) is 9.47 Å². The van der Waals surface area contributed by atoms with Gasteiger partial charge in [0.05, 0.1) is 36.2 Å². The standard InChI is InChI=1S/C20H23N3O6/c1-12-16(18(24)28-3)17(14-7-5-8-15(11-14)23(26)27)20(9-6-10-21,13(2)22-12)19(25)29-4/h5,7-8,11,13,17,22H,6,9H2,1-4H3. The molecule has 0 spiro atoms. The Morgan fingerprint density at radius 3 is 2.59 bits per heavy atom. The van der Waals surface area contributed by atoms with Crippen LogP contribution in [0.1, 0.15) is 38.2 Å². The quantitative estimate of drug-likeness (QED) is 0.437. The molecule has 29 heavy (non-hydrogen) atoms. The van der Waals surface area contributed by atoms with Crippen molar-refractivity contribution in [3.8, 4) is 6.07 Å². The summed E-state index contributed by atoms with van der Waals surface area (Å²) in [4.78, 5) is 36.5. The fraction of sp³-hybridized carbons (Fsp3) is 0.450. The van der Waals surface area contributed by atoms with Crippen LogP contribution in [0.25, 0.3) is 0 Å². The van der Waals surface area contributed by atoms with Crippen molar-refractivity contribution in [1.29, 1.82) is 5.26 Å². The minimum absolute atomic E-state index is 0.0278. The summed E-state index contributed by atoms with van der Waals surface area (Å²) >= 11 is 0. The predicted molar refractivity (Wildman–Crippen MR) is 102 cm³/mol. The largest absolute Gasteiger partial charge is 0.469 e. The number of nitro groups is 1. The van der Waals surface area contributed by atoms with Gasteiger partial charge in [0.15, 0.2) is 0 Å². The monoisotopic (exact) mass is 401 g/mol. The molecule has 0 fully saturated rings. The van der Waals surface area contributed by atoms with Crippen LogP contribution in [0.3, 0.4) is 0 Å². The van der Waals surface area contributed by atoms with E-state index < -0.39 is 34.2 Å². The van der Waals surface area contributed by atoms with E-state index in [1.165, 1.54) is 32.4 Å². The molecule has 0 amide bonds. The first-order valence-electron chi connectivity index (χ1n) is 8.99. The van der Waals surface area contributed by atoms with Crippen molar-refractivity contribution in [2.24, 2.45) is 5.41 Å². The Kier molecular flexibility index (Phi) is 6.59. The Labute approximate surface area is 168 Å². The summed E-state index contributed by atoms with van der Waals surface area (Å²) in [7, 11) is 2.46. The fourth-order valence-corrected chi connectivity index (χ4v) is 4.13. The fourth-order valence-electron chi connectivity index (χ4n) is 4.13. The highest BCUT2D eigenvalue weighted by atomic mass is 16.6. The van der Waals surface area contributed by atoms with Crippen LogP contribution in [-0.2, 0) is 19.1 Å². The average molecular weight is 401 g/mol. The van der Waals surface area contributed by atoms with E-state index >= 15 is 0 Å². The van der Waals surface area contributed by atoms with Gasteiger partial charge in [0.2, 0.25) is 0 Å². The van der Waals surface area contributed by atoms with Gasteiger partial charge in [-0.2, -0.15) is 5.26 Å². The van der Waals surface area contributed by atoms with Gasteiger partial charge < -0.3 is 14.8 Å². The average Bonchev–Trinajstić information content (AvgIpc) is 2.71. The van der Waals surface area contributed by atoms with Crippen molar-refractivity contribution in [3.05, 3.63) is 51.2 Å². The molecule has 1 N–H and O–H groups in total. The maximum absolute atomic E-state index is 13.1. The molecule has 9 nitrogen and oxygen atoms in total. The van der Waals surface area contributed by atoms with Crippen molar-refractivity contribution in [2.75, 3.05) is 14.2 Å². The highest BCUT2D eigenvalue weighted by Crippen LogP contribution is 2.52. The molecule has 154 valence electrons. The zero-order valence-electron chi connectivity index (χ0n) is 16.7. The van der Waals surface area contributed by atoms with Gasteiger partial charge in [-0.3, -0.25) is 14.9 Å². The van der Waals surface area contributed by atoms with E-state index in [9.17, 15) is 25.0 Å². The summed E-state index contributed by atoms with van der Waals surface area (Å²) in [5, 5.41) is 23.6. The van der Waals surface area contributed by atoms with E-state index in [1.807, 2.05) is 6.07 Å². The van der Waals surface area contributed by atoms with Crippen LogP contribution in [0.2, 0.25) is 0 Å². The SMILES string of the molecule is COC(=O)C1=C(C)NC(C)C(CCC#N)(C(=O)OC)C1c1cccc([N+](=O)[O-])c1. The normalized spacial score (nSPS) is 23.6. The number of carbonyl (C=O) groups is 2. The first kappa shape index (κ1) is 21.9. The van der Waals surface area contributed by atoms with E-state index in [0.717, 1.165) is 0 Å². The zero-order valence-corrected chi connectivity index (χ0v) is 16.7. The molecule has 1 aliphatic rings. The summed E-state index contributed by atoms with van der Waals surface area (Å²) in [6.07, 6.45) is 0.117. The summed E-state index contributed by atoms with van der Waals surface area (Å²) in [5.74, 6) is -2.17. The minimum atomic E-state index is -1.34. The molecule has 9 heteroatoms. The number of nitriles is 1. The van der Waals surface area contributed by atoms with Crippen molar-refractivity contribution < 1.29 is 24.0 Å². The first-order chi connectivity index (χ1) is 13.7. The Morgan fingerprint density at radius 2 is 2.03 bits per heavy atom. The van der Waals surface area contributed by atoms with Crippen molar-refractivity contribution in [1.82, 2.24) is 5.32 Å². The number of rotatable bonds is 6. The molecule has 3 unspecified atom stereocenters. The molecule has 0 bridgehead atoms. The van der Waals surface area contributed by atoms with E-state index in [-0.39, 0.29) is 24.1 Å². The Bertz CT molecular complexity index is 904. The lowest BCUT2D eigenvalue weighted by Crippen LogP contribution is -2.57. The molecule has 0 saturated carbocycles. The number of hydrogen-bond donors (Lipinski definition) is 1. The van der Waals surface area contributed by atoms with Crippen molar-refractivity contribution in [3.63, 3.8) is 0 Å². The van der Waals surface area contributed by atoms with Gasteiger partial charge in [0, 0.05) is 36.2 Å². The number of benzene rings is 1. The summed E-state index contributed by atoms with van der Waals surface area (Å²) < 4.78 is 10.0. The van der Waals surface area contributed by atoms with Gasteiger partial charge in [-0.15, -0.1) is 0 Å². The second-order valence-electron chi connectivity index (χ2n) is 6.87. The highest BCUT2D eigenvalue weighted by Gasteiger charge is 2.56. The Balaban J connectivity index is 2.87. The molecular weight excluding hydrogens is 378 g/mol. The number of carbonyl (C=O) groups excluding carboxylic acids is 2. The third kappa shape index (κ3) is 3.78. The topological polar surface area (TPSA) is 132 Å². The van der Waals surface area contributed by atoms with E-state index in [1.54, 1.807) is 19.9 Å². The molecule has 0 saturated heterocycles. The maximum Gasteiger partial charge on any atom is 0.336 e. The van der Waals surface area contributed by atoms with Crippen LogP contribution < -0.4 is 5.32 Å². The van der Waals surface area contributed by atoms with Crippen LogP contribution in [0, 0.1) is 26.9 Å². The lowest BCUT2D eigenvalue weighted by Gasteiger charge is -2.47. The van der Waals surface area contributed by atoms with E-state index in [0.29, 0.717) is 11.3 Å². The number of ether oxygens (including phenoxy) is 2. The molecule has 1 aliphatic heterocycles. The number of nitrogens with one attached hydrogen (secondary N) is 1. The third-order valence-corrected chi connectivity index (χ3v) is 5.45. The van der Waals surface area contributed by atoms with Crippen molar-refractivity contribution >= 4 is 17.6 Å². The number of nitro benzene ring substituents is 1. The number of esters is 2. The smallest absolute Gasteiger partial charge is 0.336 e. The predicted octanol–water partition coefficient (Wildman–Crippen LogP) is 2.58. The van der Waals surface area contributed by atoms with Gasteiger partial charge in [-0.05, 0) is 25.8 Å². The Hall–Kier alpha value is -3.41. The second-order valence-corrected chi connectivity index (χ2v) is 6.87. The highest BCUT2D eigenvalue weighted by molar-refractivity contribution is 5.94. The Morgan fingerprint density at radius 1 is 1.34 bits per heavy atom. The van der Waals surface area contributed by atoms with E-state index in [2.05, 4.69) is 5.32 Å². The number of hydrogen-bond acceptors (Lipinski definition) is 8. The van der Waals surface area contributed by atoms with Crippen LogP contribution >= 0.6 is 0 Å². The molecule has 1 heterocycles. The molecule has 0 aliphatic carbocycles. The number of non-ortho nitro benzene ring substituents is 1. The minimum Gasteiger partial charge on any atom is -0.469 e. The summed E-state index contributed by atoms with van der Waals surface area (Å²) in [6, 6.07) is 7.31. The number of nitrogens with zero attached hydrogens (tertiary/aromatic N) is 2. The lowest BCUT2D eigenvalue weighted by molar-refractivity contribution is -0.384. The molecule has 2 rings (SSSR count). The van der Waals surface area contributed by atoms with Crippen LogP contribution in [0.4, 0.5) is 5.69 Å². The lowest BCUT2D eigenvalue weighted by atomic mass is 9.60. The maximum atomic E-state index is 13.1. The van der Waals surface area contributed by atoms with Gasteiger partial charge in [0.25, 0.3) is 5.69 Å². The summed E-state index contributed by atoms with van der Waals surface area (Å²) in [5.41, 5.74) is -0.444. The first-order valence-corrected chi connectivity index (χ1v) is 8.99. The molecule has 0 radical (unpaired) electrons. The van der Waals surface area contributed by atoms with Gasteiger partial charge in [-0.25, -0.2) is 4.79 Å². The third-order valence-electron chi connectivity index (χ3n) is 5.45. The molecule has 1 aromatic rings. The van der Waals surface area contributed by atoms with Crippen LogP contribution in [0.5, 0.6) is 0 Å². The number of allylic oxidation sites excluding steroid dienone is 1. The molecular formula is C20H23N3O6. The van der Waals surface area contributed by atoms with Gasteiger partial charge >= 0.3 is 11.9 Å². The molecule has 0 aromatic heterocycles. The van der Waals surface area contributed by atoms with Crippen molar-refractivity contribution in [2.45, 2.75) is 38.6 Å². The van der Waals surface area contributed by atoms with Crippen LogP contribution in [-0.4, -0.2) is 37.1 Å². The molecule has 3 atom stereocenters. The van der Waals surface area contributed by atoms with Gasteiger partial charge in [-0.1, -0.05) is 12.1 Å². The summed E-state index contributed by atoms with van der Waals surface area (Å²) in [6.45, 7) is 3.44.